The second-order valence-electron chi connectivity index (χ2n) is 15.2. The molecule has 298 valence electrons. The van der Waals surface area contributed by atoms with Gasteiger partial charge in [0.25, 0.3) is 0 Å². The molecule has 2 aliphatic rings. The van der Waals surface area contributed by atoms with Crippen molar-refractivity contribution >= 4 is 0 Å². The van der Waals surface area contributed by atoms with E-state index in [1.54, 1.807) is 6.08 Å². The third-order valence-corrected chi connectivity index (χ3v) is 11.1. The Hall–Kier alpha value is -4.44. The van der Waals surface area contributed by atoms with Gasteiger partial charge >= 0.3 is 0 Å². The highest BCUT2D eigenvalue weighted by Crippen LogP contribution is 2.54. The summed E-state index contributed by atoms with van der Waals surface area (Å²) in [6, 6.07) is 45.8. The monoisotopic (exact) mass is 768 g/mol. The normalized spacial score (nSPS) is 22.7. The summed E-state index contributed by atoms with van der Waals surface area (Å²) in [4.78, 5) is 0. The topological polar surface area (TPSA) is 75.6 Å². The molecule has 57 heavy (non-hydrogen) atoms. The zero-order valence-electron chi connectivity index (χ0n) is 33.1. The lowest BCUT2D eigenvalue weighted by atomic mass is 9.81. The molecule has 5 aromatic carbocycles. The quantitative estimate of drug-likeness (QED) is 0.0590. The number of fused-ring (bicyclic) bond motifs is 2. The van der Waals surface area contributed by atoms with Gasteiger partial charge in [-0.3, -0.25) is 0 Å². The van der Waals surface area contributed by atoms with E-state index in [1.807, 2.05) is 66.7 Å². The molecular formula is C50H56O7. The van der Waals surface area contributed by atoms with Gasteiger partial charge in [-0.25, -0.2) is 0 Å². The summed E-state index contributed by atoms with van der Waals surface area (Å²) >= 11 is 0. The van der Waals surface area contributed by atoms with Gasteiger partial charge < -0.3 is 33.5 Å². The van der Waals surface area contributed by atoms with E-state index < -0.39 is 29.7 Å². The van der Waals surface area contributed by atoms with Crippen molar-refractivity contribution in [1.29, 1.82) is 0 Å². The maximum Gasteiger partial charge on any atom is 0.225 e. The number of aliphatic hydroxyl groups excluding tert-OH is 1. The molecule has 2 aliphatic heterocycles. The van der Waals surface area contributed by atoms with Gasteiger partial charge in [0, 0.05) is 25.2 Å². The van der Waals surface area contributed by atoms with Crippen molar-refractivity contribution in [1.82, 2.24) is 0 Å². The van der Waals surface area contributed by atoms with E-state index >= 15 is 0 Å². The van der Waals surface area contributed by atoms with Gasteiger partial charge in [-0.15, -0.1) is 6.58 Å². The molecule has 2 heterocycles. The summed E-state index contributed by atoms with van der Waals surface area (Å²) in [5.74, 6) is -1.33. The second-order valence-corrected chi connectivity index (χ2v) is 15.2. The highest BCUT2D eigenvalue weighted by molar-refractivity contribution is 5.39. The Morgan fingerprint density at radius 3 is 1.91 bits per heavy atom. The molecule has 0 radical (unpaired) electrons. The number of hydrogen-bond acceptors (Lipinski definition) is 7. The molecule has 7 heteroatoms. The van der Waals surface area contributed by atoms with Crippen LogP contribution in [0.3, 0.4) is 0 Å². The van der Waals surface area contributed by atoms with Crippen LogP contribution in [0.5, 0.6) is 0 Å². The van der Waals surface area contributed by atoms with Crippen molar-refractivity contribution in [3.63, 3.8) is 0 Å². The van der Waals surface area contributed by atoms with Crippen LogP contribution in [0.1, 0.15) is 63.8 Å². The van der Waals surface area contributed by atoms with Gasteiger partial charge in [0.05, 0.1) is 33.0 Å². The molecule has 5 aromatic rings. The van der Waals surface area contributed by atoms with Gasteiger partial charge in [-0.1, -0.05) is 133 Å². The second kappa shape index (κ2) is 19.8. The molecule has 1 N–H and O–H groups in total. The number of rotatable bonds is 21. The number of aliphatic hydroxyl groups is 1. The van der Waals surface area contributed by atoms with Gasteiger partial charge in [0.2, 0.25) is 5.79 Å². The smallest absolute Gasteiger partial charge is 0.225 e. The highest BCUT2D eigenvalue weighted by Gasteiger charge is 2.69. The standard InChI is InChI=1S/C50H56O7/c1-3-30-52-31-14-13-15-39-23-25-40(26-24-39)32-44-33-45(27-22-38(44)2)50-48(55-36-43-20-11-6-12-21-43)46(53-34-41-16-7-4-8-17-41)47(49(57-50,28-29-51)37-56-50)54-35-42-18-9-5-10-19-42/h3-12,16-27,33,46-48,51H,1,13-15,28-32,34-37H2,2H3/t46-,47-,48+,49-,50-/m0/s1. The Kier molecular flexibility index (Phi) is 14.2. The number of aryl methyl sites for hydroxylation is 2. The van der Waals surface area contributed by atoms with Crippen molar-refractivity contribution in [3.8, 4) is 0 Å². The lowest BCUT2D eigenvalue weighted by molar-refractivity contribution is -0.351. The summed E-state index contributed by atoms with van der Waals surface area (Å²) < 4.78 is 40.6. The lowest BCUT2D eigenvalue weighted by Crippen LogP contribution is -2.66. The van der Waals surface area contributed by atoms with Gasteiger partial charge in [0.15, 0.2) is 0 Å². The molecule has 2 bridgehead atoms. The summed E-state index contributed by atoms with van der Waals surface area (Å²) in [7, 11) is 0. The van der Waals surface area contributed by atoms with E-state index in [1.165, 1.54) is 22.3 Å². The van der Waals surface area contributed by atoms with E-state index in [2.05, 4.69) is 80.2 Å². The predicted molar refractivity (Wildman–Crippen MR) is 223 cm³/mol. The largest absolute Gasteiger partial charge is 0.396 e. The molecule has 0 aromatic heterocycles. The van der Waals surface area contributed by atoms with Crippen LogP contribution in [0.15, 0.2) is 146 Å². The molecule has 0 saturated carbocycles. The molecule has 0 amide bonds. The minimum Gasteiger partial charge on any atom is -0.396 e. The van der Waals surface area contributed by atoms with E-state index in [0.29, 0.717) is 32.8 Å². The Bertz CT molecular complexity index is 1970. The fourth-order valence-corrected chi connectivity index (χ4v) is 8.04. The fourth-order valence-electron chi connectivity index (χ4n) is 8.04. The molecule has 2 saturated heterocycles. The molecule has 0 unspecified atom stereocenters. The van der Waals surface area contributed by atoms with Crippen LogP contribution in [-0.2, 0) is 66.9 Å². The molecule has 0 aliphatic carbocycles. The van der Waals surface area contributed by atoms with Crippen LogP contribution in [0.25, 0.3) is 0 Å². The van der Waals surface area contributed by atoms with Crippen LogP contribution in [-0.4, -0.2) is 55.4 Å². The first-order valence-corrected chi connectivity index (χ1v) is 20.3. The highest BCUT2D eigenvalue weighted by atomic mass is 16.8. The molecule has 7 nitrogen and oxygen atoms in total. The third-order valence-electron chi connectivity index (χ3n) is 11.1. The van der Waals surface area contributed by atoms with Crippen molar-refractivity contribution in [2.45, 2.75) is 88.5 Å². The third kappa shape index (κ3) is 10.00. The average Bonchev–Trinajstić information content (AvgIpc) is 3.60. The molecule has 2 fully saturated rings. The lowest BCUT2D eigenvalue weighted by Gasteiger charge is -2.51. The van der Waals surface area contributed by atoms with Crippen LogP contribution < -0.4 is 0 Å². The van der Waals surface area contributed by atoms with E-state index in [4.69, 9.17) is 28.4 Å². The van der Waals surface area contributed by atoms with Crippen LogP contribution in [0.4, 0.5) is 0 Å². The predicted octanol–water partition coefficient (Wildman–Crippen LogP) is 9.20. The van der Waals surface area contributed by atoms with Gasteiger partial charge in [-0.05, 0) is 77.6 Å². The van der Waals surface area contributed by atoms with Gasteiger partial charge in [0.1, 0.15) is 23.9 Å². The maximum absolute atomic E-state index is 10.6. The first-order valence-electron chi connectivity index (χ1n) is 20.3. The van der Waals surface area contributed by atoms with Crippen molar-refractivity contribution in [3.05, 3.63) is 191 Å². The minimum atomic E-state index is -1.33. The van der Waals surface area contributed by atoms with E-state index in [-0.39, 0.29) is 13.2 Å². The number of benzene rings is 5. The number of hydrogen-bond donors (Lipinski definition) is 1. The molecule has 0 spiro atoms. The summed E-state index contributed by atoms with van der Waals surface area (Å²) in [5.41, 5.74) is 7.84. The maximum atomic E-state index is 10.6. The van der Waals surface area contributed by atoms with Crippen LogP contribution >= 0.6 is 0 Å². The van der Waals surface area contributed by atoms with Gasteiger partial charge in [-0.2, -0.15) is 0 Å². The zero-order chi connectivity index (χ0) is 39.3. The van der Waals surface area contributed by atoms with Crippen molar-refractivity contribution < 1.29 is 33.5 Å². The Labute approximate surface area is 338 Å². The number of ether oxygens (including phenoxy) is 6. The summed E-state index contributed by atoms with van der Waals surface area (Å²) in [6.45, 7) is 8.31. The van der Waals surface area contributed by atoms with Crippen molar-refractivity contribution in [2.24, 2.45) is 0 Å². The Balaban J connectivity index is 1.21. The minimum absolute atomic E-state index is 0.107. The Morgan fingerprint density at radius 2 is 1.30 bits per heavy atom. The first-order chi connectivity index (χ1) is 28.0. The average molecular weight is 769 g/mol. The SMILES string of the molecule is C=CCOCCCCc1ccc(Cc2cc([C@]34OC[C@](CCO)(O3)[C@@H](OCc3ccccc3)[C@H](OCc3ccccc3)[C@H]4OCc3ccccc3)ccc2C)cc1. The van der Waals surface area contributed by atoms with E-state index in [0.717, 1.165) is 54.5 Å². The summed E-state index contributed by atoms with van der Waals surface area (Å²) in [5, 5.41) is 10.6. The van der Waals surface area contributed by atoms with Crippen LogP contribution in [0, 0.1) is 6.92 Å². The Morgan fingerprint density at radius 1 is 0.702 bits per heavy atom. The fraction of sp³-hybridized carbons (Fsp3) is 0.360. The number of unbranched alkanes of at least 4 members (excludes halogenated alkanes) is 1. The summed E-state index contributed by atoms with van der Waals surface area (Å²) in [6.07, 6.45) is 4.01. The zero-order valence-corrected chi connectivity index (χ0v) is 33.1. The van der Waals surface area contributed by atoms with Crippen molar-refractivity contribution in [2.75, 3.05) is 26.4 Å². The van der Waals surface area contributed by atoms with E-state index in [9.17, 15) is 5.11 Å². The molecule has 5 atom stereocenters. The van der Waals surface area contributed by atoms with Crippen LogP contribution in [0.2, 0.25) is 0 Å². The molecular weight excluding hydrogens is 713 g/mol. The molecule has 7 rings (SSSR count). The first kappa shape index (κ1) is 40.7.